The van der Waals surface area contributed by atoms with Gasteiger partial charge in [-0.3, -0.25) is 4.79 Å². The van der Waals surface area contributed by atoms with Crippen LogP contribution in [0.2, 0.25) is 0 Å². The highest BCUT2D eigenvalue weighted by atomic mass is 35.5. The first-order chi connectivity index (χ1) is 8.51. The summed E-state index contributed by atoms with van der Waals surface area (Å²) in [6.45, 7) is 3.53. The van der Waals surface area contributed by atoms with Gasteiger partial charge in [-0.1, -0.05) is 12.1 Å². The van der Waals surface area contributed by atoms with E-state index in [1.807, 2.05) is 6.07 Å². The molecule has 0 radical (unpaired) electrons. The van der Waals surface area contributed by atoms with Gasteiger partial charge in [0.25, 0.3) is 0 Å². The van der Waals surface area contributed by atoms with E-state index in [9.17, 15) is 9.18 Å². The number of hydrogen-bond donors (Lipinski definition) is 1. The van der Waals surface area contributed by atoms with E-state index in [4.69, 9.17) is 22.6 Å². The maximum absolute atomic E-state index is 13.0. The molecule has 0 saturated carbocycles. The van der Waals surface area contributed by atoms with Gasteiger partial charge in [0.15, 0.2) is 0 Å². The van der Waals surface area contributed by atoms with Crippen molar-refractivity contribution in [3.8, 4) is 6.07 Å². The molecule has 1 rings (SSSR count). The Balaban J connectivity index is 3.26. The second-order valence-corrected chi connectivity index (χ2v) is 4.32. The van der Waals surface area contributed by atoms with E-state index < -0.39 is 23.0 Å². The molecular weight excluding hydrogens is 255 g/mol. The molecule has 3 nitrogen and oxygen atoms in total. The maximum atomic E-state index is 13.0. The Kier molecular flexibility index (Phi) is 4.87. The summed E-state index contributed by atoms with van der Waals surface area (Å²) in [4.78, 5) is 11.5. The monoisotopic (exact) mass is 266 g/mol. The number of amides is 1. The molecule has 0 aliphatic rings. The second kappa shape index (κ2) is 6.18. The minimum Gasteiger partial charge on any atom is -0.369 e. The molecule has 18 heavy (non-hydrogen) atoms. The molecular formula is C13H12ClFN2O. The third-order valence-corrected chi connectivity index (χ3v) is 2.96. The van der Waals surface area contributed by atoms with Crippen LogP contribution in [0.4, 0.5) is 4.39 Å². The van der Waals surface area contributed by atoms with E-state index in [0.29, 0.717) is 12.0 Å². The topological polar surface area (TPSA) is 66.9 Å². The Morgan fingerprint density at radius 2 is 2.33 bits per heavy atom. The summed E-state index contributed by atoms with van der Waals surface area (Å²) in [6, 6.07) is 5.43. The predicted octanol–water partition coefficient (Wildman–Crippen LogP) is 2.45. The van der Waals surface area contributed by atoms with E-state index in [1.54, 1.807) is 6.08 Å². The molecule has 2 unspecified atom stereocenters. The molecule has 2 atom stereocenters. The number of carbonyl (C=O) groups is 1. The highest BCUT2D eigenvalue weighted by Crippen LogP contribution is 2.29. The Bertz CT molecular complexity index is 510. The van der Waals surface area contributed by atoms with Gasteiger partial charge in [-0.25, -0.2) is 4.39 Å². The van der Waals surface area contributed by atoms with Crippen LogP contribution in [0.25, 0.3) is 0 Å². The Morgan fingerprint density at radius 3 is 2.83 bits per heavy atom. The summed E-state index contributed by atoms with van der Waals surface area (Å²) in [5, 5.41) is 8.34. The summed E-state index contributed by atoms with van der Waals surface area (Å²) >= 11 is 6.07. The van der Waals surface area contributed by atoms with Crippen LogP contribution in [0.5, 0.6) is 0 Å². The molecule has 94 valence electrons. The van der Waals surface area contributed by atoms with Crippen molar-refractivity contribution in [3.63, 3.8) is 0 Å². The number of hydrogen-bond acceptors (Lipinski definition) is 2. The van der Waals surface area contributed by atoms with Gasteiger partial charge in [0.05, 0.1) is 22.9 Å². The number of halogens is 2. The summed E-state index contributed by atoms with van der Waals surface area (Å²) in [6.07, 6.45) is 1.92. The van der Waals surface area contributed by atoms with E-state index in [-0.39, 0.29) is 5.56 Å². The number of carbonyl (C=O) groups excluding carboxylic acids is 1. The number of rotatable bonds is 5. The van der Waals surface area contributed by atoms with Crippen LogP contribution in [0.15, 0.2) is 30.9 Å². The molecule has 2 N–H and O–H groups in total. The molecule has 1 aromatic carbocycles. The molecule has 0 bridgehead atoms. The van der Waals surface area contributed by atoms with Crippen LogP contribution in [0.1, 0.15) is 23.5 Å². The lowest BCUT2D eigenvalue weighted by Gasteiger charge is -2.19. The Morgan fingerprint density at radius 1 is 1.67 bits per heavy atom. The molecule has 0 saturated heterocycles. The maximum Gasteiger partial charge on any atom is 0.226 e. The van der Waals surface area contributed by atoms with Crippen LogP contribution in [0.3, 0.4) is 0 Å². The first-order valence-corrected chi connectivity index (χ1v) is 5.68. The van der Waals surface area contributed by atoms with Crippen LogP contribution < -0.4 is 5.73 Å². The van der Waals surface area contributed by atoms with Crippen molar-refractivity contribution in [3.05, 3.63) is 47.8 Å². The molecule has 0 aliphatic heterocycles. The molecule has 5 heteroatoms. The number of alkyl halides is 1. The molecule has 0 heterocycles. The normalized spacial score (nSPS) is 13.4. The number of primary amides is 1. The Labute approximate surface area is 110 Å². The summed E-state index contributed by atoms with van der Waals surface area (Å²) in [5.74, 6) is -2.05. The minimum absolute atomic E-state index is 0.0634. The van der Waals surface area contributed by atoms with Gasteiger partial charge in [-0.15, -0.1) is 18.2 Å². The van der Waals surface area contributed by atoms with Gasteiger partial charge in [0.1, 0.15) is 5.82 Å². The van der Waals surface area contributed by atoms with Gasteiger partial charge >= 0.3 is 0 Å². The zero-order chi connectivity index (χ0) is 13.7. The number of allylic oxidation sites excluding steroid dienone is 1. The van der Waals surface area contributed by atoms with Gasteiger partial charge in [-0.05, 0) is 24.1 Å². The van der Waals surface area contributed by atoms with Crippen molar-refractivity contribution in [1.29, 1.82) is 5.26 Å². The van der Waals surface area contributed by atoms with Crippen LogP contribution in [0, 0.1) is 17.1 Å². The second-order valence-electron chi connectivity index (χ2n) is 3.76. The van der Waals surface area contributed by atoms with E-state index in [2.05, 4.69) is 6.58 Å². The average Bonchev–Trinajstić information content (AvgIpc) is 2.31. The van der Waals surface area contributed by atoms with Gasteiger partial charge < -0.3 is 5.73 Å². The number of nitriles is 1. The minimum atomic E-state index is -0.847. The van der Waals surface area contributed by atoms with Crippen molar-refractivity contribution >= 4 is 17.5 Å². The Hall–Kier alpha value is -1.86. The largest absolute Gasteiger partial charge is 0.369 e. The third kappa shape index (κ3) is 3.08. The highest BCUT2D eigenvalue weighted by molar-refractivity contribution is 6.23. The lowest BCUT2D eigenvalue weighted by molar-refractivity contribution is -0.119. The molecule has 0 fully saturated rings. The van der Waals surface area contributed by atoms with Crippen LogP contribution in [-0.4, -0.2) is 11.3 Å². The van der Waals surface area contributed by atoms with Crippen LogP contribution in [-0.2, 0) is 4.79 Å². The van der Waals surface area contributed by atoms with Gasteiger partial charge in [0.2, 0.25) is 5.91 Å². The fourth-order valence-electron chi connectivity index (χ4n) is 1.72. The van der Waals surface area contributed by atoms with Crippen molar-refractivity contribution in [2.75, 3.05) is 0 Å². The SMILES string of the molecule is C=CCC(Cl)C(C(N)=O)c1ccc(F)cc1C#N. The third-order valence-electron chi connectivity index (χ3n) is 2.53. The smallest absolute Gasteiger partial charge is 0.226 e. The lowest BCUT2D eigenvalue weighted by Crippen LogP contribution is -2.29. The van der Waals surface area contributed by atoms with Crippen molar-refractivity contribution < 1.29 is 9.18 Å². The first-order valence-electron chi connectivity index (χ1n) is 5.25. The highest BCUT2D eigenvalue weighted by Gasteiger charge is 2.28. The molecule has 1 aromatic rings. The van der Waals surface area contributed by atoms with E-state index in [1.165, 1.54) is 12.1 Å². The molecule has 0 aromatic heterocycles. The van der Waals surface area contributed by atoms with Gasteiger partial charge in [-0.2, -0.15) is 5.26 Å². The quantitative estimate of drug-likeness (QED) is 0.657. The van der Waals surface area contributed by atoms with Crippen molar-refractivity contribution in [1.82, 2.24) is 0 Å². The lowest BCUT2D eigenvalue weighted by atomic mass is 9.89. The fourth-order valence-corrected chi connectivity index (χ4v) is 2.10. The number of nitrogens with zero attached hydrogens (tertiary/aromatic N) is 1. The van der Waals surface area contributed by atoms with Crippen LogP contribution >= 0.6 is 11.6 Å². The van der Waals surface area contributed by atoms with E-state index >= 15 is 0 Å². The molecule has 0 spiro atoms. The summed E-state index contributed by atoms with van der Waals surface area (Å²) in [7, 11) is 0. The number of nitrogens with two attached hydrogens (primary N) is 1. The summed E-state index contributed by atoms with van der Waals surface area (Å²) in [5.41, 5.74) is 5.71. The average molecular weight is 267 g/mol. The summed E-state index contributed by atoms with van der Waals surface area (Å²) < 4.78 is 13.0. The zero-order valence-electron chi connectivity index (χ0n) is 9.57. The van der Waals surface area contributed by atoms with Crippen molar-refractivity contribution in [2.45, 2.75) is 17.7 Å². The zero-order valence-corrected chi connectivity index (χ0v) is 10.3. The standard InChI is InChI=1S/C13H12ClFN2O/c1-2-3-11(14)12(13(17)18)10-5-4-9(15)6-8(10)7-16/h2,4-6,11-12H,1,3H2,(H2,17,18). The molecule has 0 aliphatic carbocycles. The first kappa shape index (κ1) is 14.2. The molecule has 1 amide bonds. The van der Waals surface area contributed by atoms with E-state index in [0.717, 1.165) is 6.07 Å². The fraction of sp³-hybridized carbons (Fsp3) is 0.231. The van der Waals surface area contributed by atoms with Crippen molar-refractivity contribution in [2.24, 2.45) is 5.73 Å². The van der Waals surface area contributed by atoms with Gasteiger partial charge in [0, 0.05) is 0 Å². The number of benzene rings is 1. The predicted molar refractivity (Wildman–Crippen MR) is 67.5 cm³/mol.